The zero-order chi connectivity index (χ0) is 36.6. The van der Waals surface area contributed by atoms with Crippen LogP contribution in [0.4, 0.5) is 5.69 Å². The van der Waals surface area contributed by atoms with E-state index in [1.54, 1.807) is 18.5 Å². The molecule has 0 spiro atoms. The monoisotopic (exact) mass is 725 g/mol. The number of carbonyl (C=O) groups excluding carboxylic acids is 1. The number of fused-ring (bicyclic) bond motifs is 2. The summed E-state index contributed by atoms with van der Waals surface area (Å²) in [5.74, 6) is -0.183. The van der Waals surface area contributed by atoms with Crippen LogP contribution in [0.1, 0.15) is 61.8 Å². The zero-order valence-electron chi connectivity index (χ0n) is 29.7. The van der Waals surface area contributed by atoms with Crippen LogP contribution in [0.25, 0.3) is 32.9 Å². The van der Waals surface area contributed by atoms with Crippen molar-refractivity contribution in [1.82, 2.24) is 19.1 Å². The second-order valence-electron chi connectivity index (χ2n) is 13.1. The van der Waals surface area contributed by atoms with Crippen LogP contribution < -0.4 is 9.64 Å². The predicted octanol–water partition coefficient (Wildman–Crippen LogP) is 9.18. The molecule has 11 heteroatoms. The van der Waals surface area contributed by atoms with Gasteiger partial charge in [-0.1, -0.05) is 29.3 Å². The number of aryl methyl sites for hydroxylation is 7. The minimum atomic E-state index is -0.955. The van der Waals surface area contributed by atoms with Crippen molar-refractivity contribution >= 4 is 63.0 Å². The van der Waals surface area contributed by atoms with Crippen molar-refractivity contribution in [1.29, 1.82) is 0 Å². The summed E-state index contributed by atoms with van der Waals surface area (Å²) in [6, 6.07) is 13.0. The first-order valence-electron chi connectivity index (χ1n) is 16.9. The second kappa shape index (κ2) is 14.8. The Morgan fingerprint density at radius 1 is 0.961 bits per heavy atom. The Morgan fingerprint density at radius 3 is 2.31 bits per heavy atom. The molecule has 1 N–H and O–H groups in total. The Hall–Kier alpha value is -4.86. The number of halogens is 2. The average molecular weight is 727 g/mol. The van der Waals surface area contributed by atoms with Gasteiger partial charge in [-0.05, 0) is 100 Å². The number of carboxylic acids is 1. The Labute approximate surface area is 307 Å². The summed E-state index contributed by atoms with van der Waals surface area (Å²) in [7, 11) is 3.94. The van der Waals surface area contributed by atoms with Crippen molar-refractivity contribution in [3.05, 3.63) is 104 Å². The van der Waals surface area contributed by atoms with Gasteiger partial charge in [0.25, 0.3) is 0 Å². The molecule has 0 radical (unpaired) electrons. The Balaban J connectivity index is 1.34. The van der Waals surface area contributed by atoms with E-state index in [1.807, 2.05) is 82.9 Å². The van der Waals surface area contributed by atoms with Crippen molar-refractivity contribution in [3.8, 4) is 16.9 Å². The van der Waals surface area contributed by atoms with Crippen LogP contribution >= 0.6 is 23.2 Å². The lowest BCUT2D eigenvalue weighted by Gasteiger charge is -2.20. The maximum absolute atomic E-state index is 13.0. The quantitative estimate of drug-likeness (QED) is 0.0936. The molecule has 0 saturated carbocycles. The molecule has 0 amide bonds. The van der Waals surface area contributed by atoms with Gasteiger partial charge in [-0.15, -0.1) is 0 Å². The number of rotatable bonds is 13. The first-order valence-corrected chi connectivity index (χ1v) is 17.7. The fraction of sp³-hybridized carbons (Fsp3) is 0.300. The first kappa shape index (κ1) is 35.9. The van der Waals surface area contributed by atoms with Crippen LogP contribution in [0.3, 0.4) is 0 Å². The summed E-state index contributed by atoms with van der Waals surface area (Å²) in [5, 5.41) is 12.7. The van der Waals surface area contributed by atoms with Gasteiger partial charge in [-0.2, -0.15) is 0 Å². The molecule has 0 unspecified atom stereocenters. The first-order chi connectivity index (χ1) is 24.4. The van der Waals surface area contributed by atoms with Gasteiger partial charge in [0, 0.05) is 71.7 Å². The summed E-state index contributed by atoms with van der Waals surface area (Å²) in [6.07, 6.45) is 6.57. The summed E-state index contributed by atoms with van der Waals surface area (Å²) in [5.41, 5.74) is 9.79. The van der Waals surface area contributed by atoms with E-state index in [0.29, 0.717) is 43.3 Å². The van der Waals surface area contributed by atoms with Crippen LogP contribution in [0.15, 0.2) is 55.0 Å². The van der Waals surface area contributed by atoms with E-state index < -0.39 is 5.97 Å². The average Bonchev–Trinajstić information content (AvgIpc) is 3.59. The molecule has 0 fully saturated rings. The van der Waals surface area contributed by atoms with E-state index in [2.05, 4.69) is 19.4 Å². The Morgan fingerprint density at radius 2 is 1.65 bits per heavy atom. The number of carboxylic acid groups (broad SMARTS) is 1. The maximum atomic E-state index is 13.0. The highest BCUT2D eigenvalue weighted by molar-refractivity contribution is 6.35. The Kier molecular flexibility index (Phi) is 10.4. The summed E-state index contributed by atoms with van der Waals surface area (Å²) >= 11 is 13.4. The highest BCUT2D eigenvalue weighted by Gasteiger charge is 2.24. The molecule has 0 aliphatic carbocycles. The van der Waals surface area contributed by atoms with Gasteiger partial charge in [0.05, 0.1) is 39.6 Å². The molecule has 0 aliphatic rings. The Bertz CT molecular complexity index is 2270. The minimum Gasteiger partial charge on any atom is -0.494 e. The van der Waals surface area contributed by atoms with Crippen molar-refractivity contribution in [2.75, 3.05) is 25.1 Å². The molecule has 3 aromatic heterocycles. The number of ether oxygens (including phenoxy) is 1. The molecule has 6 rings (SSSR count). The standard InChI is InChI=1S/C40H41Cl2N5O4/c1-23-17-28(18-24(2)38(23)42)51-16-7-9-29-30-12-13-32(41)37(36-25(3)43-22-44-26(36)4)39(30)47(35(29)21-48)15-8-14-45(5)34-20-46(6)33-19-27(40(49)50)10-11-31(33)34/h10-13,17-22H,7-9,14-16H2,1-6H3,(H,49,50). The van der Waals surface area contributed by atoms with E-state index in [-0.39, 0.29) is 5.56 Å². The molecule has 0 aliphatic heterocycles. The van der Waals surface area contributed by atoms with Crippen LogP contribution in [0, 0.1) is 27.7 Å². The molecular weight excluding hydrogens is 685 g/mol. The number of aldehydes is 1. The number of hydrogen-bond donors (Lipinski definition) is 1. The number of carbonyl (C=O) groups is 2. The van der Waals surface area contributed by atoms with E-state index >= 15 is 0 Å². The lowest BCUT2D eigenvalue weighted by atomic mass is 9.98. The van der Waals surface area contributed by atoms with E-state index in [4.69, 9.17) is 27.9 Å². The molecular formula is C40H41Cl2N5O4. The van der Waals surface area contributed by atoms with Gasteiger partial charge in [0.2, 0.25) is 0 Å². The molecule has 0 bridgehead atoms. The lowest BCUT2D eigenvalue weighted by Crippen LogP contribution is -2.20. The lowest BCUT2D eigenvalue weighted by molar-refractivity contribution is 0.0697. The number of aromatic carboxylic acids is 1. The van der Waals surface area contributed by atoms with Crippen LogP contribution in [0.2, 0.25) is 10.0 Å². The third-order valence-electron chi connectivity index (χ3n) is 9.66. The van der Waals surface area contributed by atoms with Crippen molar-refractivity contribution in [3.63, 3.8) is 0 Å². The second-order valence-corrected chi connectivity index (χ2v) is 13.9. The van der Waals surface area contributed by atoms with Crippen LogP contribution in [-0.2, 0) is 20.0 Å². The molecule has 9 nitrogen and oxygen atoms in total. The number of anilines is 1. The van der Waals surface area contributed by atoms with Gasteiger partial charge in [0.15, 0.2) is 6.29 Å². The summed E-state index contributed by atoms with van der Waals surface area (Å²) < 4.78 is 10.2. The largest absolute Gasteiger partial charge is 0.494 e. The zero-order valence-corrected chi connectivity index (χ0v) is 31.2. The van der Waals surface area contributed by atoms with Crippen molar-refractivity contribution < 1.29 is 19.4 Å². The molecule has 3 aromatic carbocycles. The smallest absolute Gasteiger partial charge is 0.335 e. The minimum absolute atomic E-state index is 0.250. The van der Waals surface area contributed by atoms with E-state index in [9.17, 15) is 14.7 Å². The fourth-order valence-electron chi connectivity index (χ4n) is 7.15. The topological polar surface area (TPSA) is 102 Å². The number of aromatic nitrogens is 4. The summed E-state index contributed by atoms with van der Waals surface area (Å²) in [6.45, 7) is 9.54. The van der Waals surface area contributed by atoms with Gasteiger partial charge in [-0.25, -0.2) is 14.8 Å². The molecule has 51 heavy (non-hydrogen) atoms. The van der Waals surface area contributed by atoms with Crippen molar-refractivity contribution in [2.45, 2.75) is 53.5 Å². The van der Waals surface area contributed by atoms with Crippen LogP contribution in [0.5, 0.6) is 5.75 Å². The van der Waals surface area contributed by atoms with E-state index in [1.165, 1.54) is 0 Å². The van der Waals surface area contributed by atoms with Crippen LogP contribution in [-0.4, -0.2) is 56.7 Å². The molecule has 0 saturated heterocycles. The molecule has 6 aromatic rings. The van der Waals surface area contributed by atoms with Crippen molar-refractivity contribution in [2.24, 2.45) is 7.05 Å². The third-order valence-corrected chi connectivity index (χ3v) is 10.6. The highest BCUT2D eigenvalue weighted by atomic mass is 35.5. The maximum Gasteiger partial charge on any atom is 0.335 e. The highest BCUT2D eigenvalue weighted by Crippen LogP contribution is 2.41. The molecule has 0 atom stereocenters. The van der Waals surface area contributed by atoms with Gasteiger partial charge >= 0.3 is 5.97 Å². The number of benzene rings is 3. The fourth-order valence-corrected chi connectivity index (χ4v) is 7.50. The van der Waals surface area contributed by atoms with Gasteiger partial charge in [0.1, 0.15) is 12.1 Å². The normalized spacial score (nSPS) is 11.5. The number of nitrogens with zero attached hydrogens (tertiary/aromatic N) is 5. The summed E-state index contributed by atoms with van der Waals surface area (Å²) in [4.78, 5) is 35.8. The predicted molar refractivity (Wildman–Crippen MR) is 205 cm³/mol. The van der Waals surface area contributed by atoms with E-state index in [0.717, 1.165) is 90.2 Å². The van der Waals surface area contributed by atoms with Gasteiger partial charge in [-0.3, -0.25) is 4.79 Å². The number of hydrogen-bond acceptors (Lipinski definition) is 6. The third kappa shape index (κ3) is 6.93. The SMILES string of the molecule is Cc1cc(OCCCc2c(C=O)n(CCCN(C)c3cn(C)c4cc(C(=O)O)ccc34)c3c(-c4c(C)ncnc4C)c(Cl)ccc23)cc(C)c1Cl. The van der Waals surface area contributed by atoms with Gasteiger partial charge < -0.3 is 23.9 Å². The molecule has 264 valence electrons. The molecule has 3 heterocycles.